The molecule has 0 saturated carbocycles. The minimum Gasteiger partial charge on any atom is -0.508 e. The van der Waals surface area contributed by atoms with Gasteiger partial charge in [-0.2, -0.15) is 0 Å². The van der Waals surface area contributed by atoms with Crippen LogP contribution in [-0.4, -0.2) is 16.9 Å². The molecule has 0 bridgehead atoms. The summed E-state index contributed by atoms with van der Waals surface area (Å²) in [6.45, 7) is 0. The lowest BCUT2D eigenvalue weighted by Crippen LogP contribution is -2.30. The number of phenolic OH excluding ortho intramolecular Hbond substituents is 1. The van der Waals surface area contributed by atoms with Gasteiger partial charge in [-0.1, -0.05) is 12.1 Å². The molecule has 0 saturated heterocycles. The monoisotopic (exact) mass is 257 g/mol. The molecule has 0 aliphatic carbocycles. The molecular formula is C14H8FNO3. The number of rotatable bonds is 1. The maximum atomic E-state index is 13.8. The molecule has 2 amide bonds. The molecule has 0 unspecified atom stereocenters. The first-order chi connectivity index (χ1) is 9.09. The van der Waals surface area contributed by atoms with Crippen LogP contribution >= 0.6 is 0 Å². The van der Waals surface area contributed by atoms with Crippen LogP contribution < -0.4 is 4.90 Å². The van der Waals surface area contributed by atoms with Gasteiger partial charge in [0.05, 0.1) is 16.8 Å². The standard InChI is InChI=1S/C14H8FNO3/c15-11-7-8(17)5-6-12(11)16-13(18)9-3-1-2-4-10(9)14(16)19/h1-7,17H. The highest BCUT2D eigenvalue weighted by atomic mass is 19.1. The zero-order valence-electron chi connectivity index (χ0n) is 9.63. The predicted octanol–water partition coefficient (Wildman–Crippen LogP) is 2.33. The Balaban J connectivity index is 2.14. The van der Waals surface area contributed by atoms with E-state index in [1.807, 2.05) is 0 Å². The summed E-state index contributed by atoms with van der Waals surface area (Å²) in [5, 5.41) is 9.16. The molecule has 2 aromatic carbocycles. The van der Waals surface area contributed by atoms with E-state index < -0.39 is 17.6 Å². The van der Waals surface area contributed by atoms with Crippen molar-refractivity contribution in [1.29, 1.82) is 0 Å². The molecule has 0 aromatic heterocycles. The SMILES string of the molecule is O=C1c2ccccc2C(=O)N1c1ccc(O)cc1F. The van der Waals surface area contributed by atoms with E-state index in [0.717, 1.165) is 11.0 Å². The van der Waals surface area contributed by atoms with Crippen LogP contribution in [0.4, 0.5) is 10.1 Å². The van der Waals surface area contributed by atoms with Crippen LogP contribution in [0.2, 0.25) is 0 Å². The summed E-state index contributed by atoms with van der Waals surface area (Å²) in [6.07, 6.45) is 0. The molecule has 1 aliphatic rings. The highest BCUT2D eigenvalue weighted by Crippen LogP contribution is 2.31. The van der Waals surface area contributed by atoms with Gasteiger partial charge in [0.1, 0.15) is 5.75 Å². The molecule has 0 spiro atoms. The molecule has 5 heteroatoms. The number of carbonyl (C=O) groups excluding carboxylic acids is 2. The van der Waals surface area contributed by atoms with E-state index in [9.17, 15) is 14.0 Å². The lowest BCUT2D eigenvalue weighted by Gasteiger charge is -2.14. The molecule has 0 fully saturated rings. The van der Waals surface area contributed by atoms with Crippen molar-refractivity contribution in [2.24, 2.45) is 0 Å². The van der Waals surface area contributed by atoms with Gasteiger partial charge < -0.3 is 5.11 Å². The van der Waals surface area contributed by atoms with Crippen LogP contribution in [0.3, 0.4) is 0 Å². The van der Waals surface area contributed by atoms with E-state index in [2.05, 4.69) is 0 Å². The van der Waals surface area contributed by atoms with Gasteiger partial charge in [0.15, 0.2) is 5.82 Å². The first-order valence-electron chi connectivity index (χ1n) is 5.56. The Morgan fingerprint density at radius 1 is 0.947 bits per heavy atom. The van der Waals surface area contributed by atoms with Gasteiger partial charge >= 0.3 is 0 Å². The number of carbonyl (C=O) groups is 2. The van der Waals surface area contributed by atoms with Crippen LogP contribution in [0.25, 0.3) is 0 Å². The Hall–Kier alpha value is -2.69. The molecule has 1 heterocycles. The molecule has 2 aromatic rings. The van der Waals surface area contributed by atoms with Gasteiger partial charge in [0, 0.05) is 6.07 Å². The van der Waals surface area contributed by atoms with Gasteiger partial charge in [-0.3, -0.25) is 9.59 Å². The molecule has 0 atom stereocenters. The van der Waals surface area contributed by atoms with Crippen molar-refractivity contribution in [2.45, 2.75) is 0 Å². The van der Waals surface area contributed by atoms with Crippen molar-refractivity contribution < 1.29 is 19.1 Å². The fraction of sp³-hybridized carbons (Fsp3) is 0. The number of hydrogen-bond donors (Lipinski definition) is 1. The fourth-order valence-electron chi connectivity index (χ4n) is 2.09. The van der Waals surface area contributed by atoms with E-state index in [0.29, 0.717) is 0 Å². The maximum Gasteiger partial charge on any atom is 0.266 e. The molecule has 1 aliphatic heterocycles. The number of imide groups is 1. The highest BCUT2D eigenvalue weighted by molar-refractivity contribution is 6.34. The molecule has 1 N–H and O–H groups in total. The smallest absolute Gasteiger partial charge is 0.266 e. The minimum absolute atomic E-state index is 0.163. The Morgan fingerprint density at radius 3 is 2.05 bits per heavy atom. The van der Waals surface area contributed by atoms with Gasteiger partial charge in [0.25, 0.3) is 11.8 Å². The number of nitrogens with zero attached hydrogens (tertiary/aromatic N) is 1. The lowest BCUT2D eigenvalue weighted by molar-refractivity contribution is 0.0925. The molecule has 19 heavy (non-hydrogen) atoms. The summed E-state index contributed by atoms with van der Waals surface area (Å²) >= 11 is 0. The number of halogens is 1. The van der Waals surface area contributed by atoms with E-state index in [1.54, 1.807) is 12.1 Å². The van der Waals surface area contributed by atoms with E-state index in [1.165, 1.54) is 24.3 Å². The number of aromatic hydroxyl groups is 1. The zero-order chi connectivity index (χ0) is 13.6. The van der Waals surface area contributed by atoms with Crippen molar-refractivity contribution in [1.82, 2.24) is 0 Å². The number of hydrogen-bond acceptors (Lipinski definition) is 3. The number of benzene rings is 2. The zero-order valence-corrected chi connectivity index (χ0v) is 9.63. The van der Waals surface area contributed by atoms with Crippen LogP contribution in [0.1, 0.15) is 20.7 Å². The summed E-state index contributed by atoms with van der Waals surface area (Å²) in [5.41, 5.74) is 0.337. The largest absolute Gasteiger partial charge is 0.508 e. The second-order valence-electron chi connectivity index (χ2n) is 4.13. The third-order valence-electron chi connectivity index (χ3n) is 2.97. The van der Waals surface area contributed by atoms with Crippen LogP contribution in [0.5, 0.6) is 5.75 Å². The Kier molecular flexibility index (Phi) is 2.35. The summed E-state index contributed by atoms with van der Waals surface area (Å²) in [5.74, 6) is -2.22. The van der Waals surface area contributed by atoms with Gasteiger partial charge in [-0.05, 0) is 24.3 Å². The molecule has 4 nitrogen and oxygen atoms in total. The topological polar surface area (TPSA) is 57.6 Å². The third-order valence-corrected chi connectivity index (χ3v) is 2.97. The second-order valence-corrected chi connectivity index (χ2v) is 4.13. The average molecular weight is 257 g/mol. The molecule has 94 valence electrons. The number of amides is 2. The highest BCUT2D eigenvalue weighted by Gasteiger charge is 2.37. The summed E-state index contributed by atoms with van der Waals surface area (Å²) in [4.78, 5) is 25.0. The third kappa shape index (κ3) is 1.59. The summed E-state index contributed by atoms with van der Waals surface area (Å²) in [7, 11) is 0. The second kappa shape index (κ2) is 3.91. The van der Waals surface area contributed by atoms with E-state index in [4.69, 9.17) is 5.11 Å². The molecular weight excluding hydrogens is 249 g/mol. The van der Waals surface area contributed by atoms with Crippen molar-refractivity contribution in [3.05, 3.63) is 59.4 Å². The van der Waals surface area contributed by atoms with E-state index >= 15 is 0 Å². The minimum atomic E-state index is -0.825. The van der Waals surface area contributed by atoms with Gasteiger partial charge in [-0.15, -0.1) is 0 Å². The van der Waals surface area contributed by atoms with Crippen molar-refractivity contribution in [3.63, 3.8) is 0 Å². The van der Waals surface area contributed by atoms with Gasteiger partial charge in [0.2, 0.25) is 0 Å². The van der Waals surface area contributed by atoms with E-state index in [-0.39, 0.29) is 22.6 Å². The summed E-state index contributed by atoms with van der Waals surface area (Å²) < 4.78 is 13.8. The molecule has 0 radical (unpaired) electrons. The number of fused-ring (bicyclic) bond motifs is 1. The first kappa shape index (κ1) is 11.4. The first-order valence-corrected chi connectivity index (χ1v) is 5.56. The fourth-order valence-corrected chi connectivity index (χ4v) is 2.09. The molecule has 3 rings (SSSR count). The van der Waals surface area contributed by atoms with Crippen LogP contribution in [0.15, 0.2) is 42.5 Å². The van der Waals surface area contributed by atoms with Crippen LogP contribution in [-0.2, 0) is 0 Å². The quantitative estimate of drug-likeness (QED) is 0.798. The Labute approximate surface area is 107 Å². The Bertz CT molecular complexity index is 677. The number of phenols is 1. The normalized spacial score (nSPS) is 13.8. The van der Waals surface area contributed by atoms with Crippen molar-refractivity contribution in [3.8, 4) is 5.75 Å². The number of anilines is 1. The van der Waals surface area contributed by atoms with Crippen molar-refractivity contribution in [2.75, 3.05) is 4.90 Å². The predicted molar refractivity (Wildman–Crippen MR) is 65.6 cm³/mol. The summed E-state index contributed by atoms with van der Waals surface area (Å²) in [6, 6.07) is 9.61. The maximum absolute atomic E-state index is 13.8. The lowest BCUT2D eigenvalue weighted by atomic mass is 10.1. The Morgan fingerprint density at radius 2 is 1.53 bits per heavy atom. The van der Waals surface area contributed by atoms with Gasteiger partial charge in [-0.25, -0.2) is 9.29 Å². The van der Waals surface area contributed by atoms with Crippen LogP contribution in [0, 0.1) is 5.82 Å². The average Bonchev–Trinajstić information content (AvgIpc) is 2.64. The van der Waals surface area contributed by atoms with Crippen molar-refractivity contribution >= 4 is 17.5 Å².